The minimum Gasteiger partial charge on any atom is -0.342 e. The Bertz CT molecular complexity index is 523. The second-order valence-electron chi connectivity index (χ2n) is 6.09. The zero-order chi connectivity index (χ0) is 16.1. The lowest BCUT2D eigenvalue weighted by atomic mass is 10.1. The quantitative estimate of drug-likeness (QED) is 0.766. The number of rotatable bonds is 6. The molecule has 1 atom stereocenters. The summed E-state index contributed by atoms with van der Waals surface area (Å²) in [5.74, 6) is 0.466. The molecule has 1 aromatic rings. The van der Waals surface area contributed by atoms with Gasteiger partial charge in [0.2, 0.25) is 5.91 Å². The standard InChI is InChI=1S/C17H24BrFN2O/c1-3-20(2)11-13-8-9-21(12-13)17(22)7-5-14-4-6-15(18)10-16(14)19/h4,6,10,13H,3,5,7-9,11-12H2,1-2H3/t13-/m0/s1. The number of halogens is 2. The van der Waals surface area contributed by atoms with Crippen LogP contribution in [0.15, 0.2) is 22.7 Å². The number of nitrogens with zero attached hydrogens (tertiary/aromatic N) is 2. The first-order valence-electron chi connectivity index (χ1n) is 7.89. The van der Waals surface area contributed by atoms with Gasteiger partial charge in [-0.15, -0.1) is 0 Å². The van der Waals surface area contributed by atoms with Gasteiger partial charge in [-0.3, -0.25) is 4.79 Å². The monoisotopic (exact) mass is 370 g/mol. The minimum atomic E-state index is -0.244. The molecule has 0 spiro atoms. The van der Waals surface area contributed by atoms with Gasteiger partial charge in [-0.25, -0.2) is 4.39 Å². The van der Waals surface area contributed by atoms with E-state index in [-0.39, 0.29) is 11.7 Å². The highest BCUT2D eigenvalue weighted by Crippen LogP contribution is 2.20. The Morgan fingerprint density at radius 2 is 2.27 bits per heavy atom. The van der Waals surface area contributed by atoms with Crippen LogP contribution in [0.4, 0.5) is 4.39 Å². The zero-order valence-electron chi connectivity index (χ0n) is 13.3. The third kappa shape index (κ3) is 4.78. The van der Waals surface area contributed by atoms with E-state index >= 15 is 0 Å². The van der Waals surface area contributed by atoms with E-state index in [1.807, 2.05) is 11.0 Å². The second-order valence-corrected chi connectivity index (χ2v) is 7.00. The van der Waals surface area contributed by atoms with Gasteiger partial charge in [-0.05, 0) is 50.0 Å². The molecule has 0 saturated carbocycles. The highest BCUT2D eigenvalue weighted by molar-refractivity contribution is 9.10. The molecule has 0 N–H and O–H groups in total. The van der Waals surface area contributed by atoms with E-state index in [2.05, 4.69) is 34.8 Å². The van der Waals surface area contributed by atoms with E-state index in [0.29, 0.717) is 24.3 Å². The van der Waals surface area contributed by atoms with Crippen molar-refractivity contribution in [2.24, 2.45) is 5.92 Å². The summed E-state index contributed by atoms with van der Waals surface area (Å²) in [6.07, 6.45) is 1.92. The van der Waals surface area contributed by atoms with Gasteiger partial charge in [-0.1, -0.05) is 28.9 Å². The summed E-state index contributed by atoms with van der Waals surface area (Å²) in [7, 11) is 2.11. The number of hydrogen-bond donors (Lipinski definition) is 0. The van der Waals surface area contributed by atoms with Crippen molar-refractivity contribution in [3.8, 4) is 0 Å². The molecule has 1 aliphatic heterocycles. The maximum atomic E-state index is 13.8. The molecule has 0 aromatic heterocycles. The van der Waals surface area contributed by atoms with Gasteiger partial charge in [0.15, 0.2) is 0 Å². The zero-order valence-corrected chi connectivity index (χ0v) is 14.9. The van der Waals surface area contributed by atoms with Gasteiger partial charge in [0.05, 0.1) is 0 Å². The molecule has 0 aliphatic carbocycles. The van der Waals surface area contributed by atoms with Gasteiger partial charge in [0, 0.05) is 30.5 Å². The molecule has 0 radical (unpaired) electrons. The molecule has 0 bridgehead atoms. The van der Waals surface area contributed by atoms with E-state index in [4.69, 9.17) is 0 Å². The van der Waals surface area contributed by atoms with Crippen molar-refractivity contribution in [3.63, 3.8) is 0 Å². The van der Waals surface area contributed by atoms with Crippen molar-refractivity contribution in [3.05, 3.63) is 34.1 Å². The molecular weight excluding hydrogens is 347 g/mol. The van der Waals surface area contributed by atoms with E-state index in [0.717, 1.165) is 37.1 Å². The Morgan fingerprint density at radius 3 is 2.95 bits per heavy atom. The minimum absolute atomic E-state index is 0.143. The second kappa shape index (κ2) is 8.06. The lowest BCUT2D eigenvalue weighted by Crippen LogP contribution is -2.31. The first-order chi connectivity index (χ1) is 10.5. The van der Waals surface area contributed by atoms with Gasteiger partial charge < -0.3 is 9.80 Å². The molecule has 5 heteroatoms. The highest BCUT2D eigenvalue weighted by Gasteiger charge is 2.26. The molecule has 1 aliphatic rings. The Kier molecular flexibility index (Phi) is 6.38. The fourth-order valence-corrected chi connectivity index (χ4v) is 3.24. The lowest BCUT2D eigenvalue weighted by molar-refractivity contribution is -0.130. The molecule has 22 heavy (non-hydrogen) atoms. The van der Waals surface area contributed by atoms with Crippen LogP contribution < -0.4 is 0 Å². The molecule has 0 unspecified atom stereocenters. The van der Waals surface area contributed by atoms with Crippen LogP contribution in [0.2, 0.25) is 0 Å². The Balaban J connectivity index is 1.81. The molecule has 122 valence electrons. The summed E-state index contributed by atoms with van der Waals surface area (Å²) in [6.45, 7) is 5.90. The predicted octanol–water partition coefficient (Wildman–Crippen LogP) is 3.32. The number of likely N-dealkylation sites (tertiary alicyclic amines) is 1. The summed E-state index contributed by atoms with van der Waals surface area (Å²) >= 11 is 3.24. The summed E-state index contributed by atoms with van der Waals surface area (Å²) in [6, 6.07) is 5.01. The Labute approximate surface area is 140 Å². The van der Waals surface area contributed by atoms with Crippen molar-refractivity contribution < 1.29 is 9.18 Å². The summed E-state index contributed by atoms with van der Waals surface area (Å²) in [4.78, 5) is 16.5. The molecule has 1 fully saturated rings. The molecule has 1 aromatic carbocycles. The first-order valence-corrected chi connectivity index (χ1v) is 8.69. The molecule has 2 rings (SSSR count). The number of aryl methyl sites for hydroxylation is 1. The van der Waals surface area contributed by atoms with Gasteiger partial charge in [-0.2, -0.15) is 0 Å². The smallest absolute Gasteiger partial charge is 0.222 e. The fourth-order valence-electron chi connectivity index (χ4n) is 2.90. The molecule has 1 amide bonds. The Hall–Kier alpha value is -0.940. The molecular formula is C17H24BrFN2O. The van der Waals surface area contributed by atoms with E-state index < -0.39 is 0 Å². The topological polar surface area (TPSA) is 23.6 Å². The number of hydrogen-bond acceptors (Lipinski definition) is 2. The third-order valence-corrected chi connectivity index (χ3v) is 4.86. The lowest BCUT2D eigenvalue weighted by Gasteiger charge is -2.20. The van der Waals surface area contributed by atoms with E-state index in [1.54, 1.807) is 6.07 Å². The van der Waals surface area contributed by atoms with E-state index in [9.17, 15) is 9.18 Å². The first kappa shape index (κ1) is 17.4. The molecule has 1 saturated heterocycles. The van der Waals surface area contributed by atoms with Crippen LogP contribution in [0.25, 0.3) is 0 Å². The highest BCUT2D eigenvalue weighted by atomic mass is 79.9. The number of benzene rings is 1. The SMILES string of the molecule is CCN(C)C[C@@H]1CCN(C(=O)CCc2ccc(Br)cc2F)C1. The van der Waals surface area contributed by atoms with Crippen molar-refractivity contribution in [1.29, 1.82) is 0 Å². The Morgan fingerprint density at radius 1 is 1.50 bits per heavy atom. The van der Waals surface area contributed by atoms with E-state index in [1.165, 1.54) is 6.07 Å². The predicted molar refractivity (Wildman–Crippen MR) is 90.3 cm³/mol. The van der Waals surface area contributed by atoms with Crippen molar-refractivity contribution >= 4 is 21.8 Å². The number of amides is 1. The van der Waals surface area contributed by atoms with Gasteiger partial charge in [0.1, 0.15) is 5.82 Å². The summed E-state index contributed by atoms with van der Waals surface area (Å²) in [5, 5.41) is 0. The van der Waals surface area contributed by atoms with Crippen LogP contribution in [-0.4, -0.2) is 48.9 Å². The van der Waals surface area contributed by atoms with Crippen LogP contribution in [0.3, 0.4) is 0 Å². The number of carbonyl (C=O) groups excluding carboxylic acids is 1. The normalized spacial score (nSPS) is 18.2. The third-order valence-electron chi connectivity index (χ3n) is 4.37. The summed E-state index contributed by atoms with van der Waals surface area (Å²) < 4.78 is 14.5. The maximum Gasteiger partial charge on any atom is 0.222 e. The van der Waals surface area contributed by atoms with Crippen LogP contribution in [0, 0.1) is 11.7 Å². The van der Waals surface area contributed by atoms with Crippen molar-refractivity contribution in [2.45, 2.75) is 26.2 Å². The van der Waals surface area contributed by atoms with Crippen LogP contribution in [0.1, 0.15) is 25.3 Å². The average Bonchev–Trinajstić information content (AvgIpc) is 2.94. The molecule has 3 nitrogen and oxygen atoms in total. The van der Waals surface area contributed by atoms with Crippen molar-refractivity contribution in [1.82, 2.24) is 9.80 Å². The fraction of sp³-hybridized carbons (Fsp3) is 0.588. The van der Waals surface area contributed by atoms with Crippen LogP contribution >= 0.6 is 15.9 Å². The number of carbonyl (C=O) groups is 1. The van der Waals surface area contributed by atoms with Crippen molar-refractivity contribution in [2.75, 3.05) is 33.2 Å². The average molecular weight is 371 g/mol. The molecule has 1 heterocycles. The largest absolute Gasteiger partial charge is 0.342 e. The summed E-state index contributed by atoms with van der Waals surface area (Å²) in [5.41, 5.74) is 0.609. The van der Waals surface area contributed by atoms with Gasteiger partial charge >= 0.3 is 0 Å². The van der Waals surface area contributed by atoms with Crippen LogP contribution in [0.5, 0.6) is 0 Å². The van der Waals surface area contributed by atoms with Crippen LogP contribution in [-0.2, 0) is 11.2 Å². The van der Waals surface area contributed by atoms with Gasteiger partial charge in [0.25, 0.3) is 0 Å². The maximum absolute atomic E-state index is 13.8.